The van der Waals surface area contributed by atoms with Crippen LogP contribution in [-0.2, 0) is 16.0 Å². The van der Waals surface area contributed by atoms with Crippen LogP contribution in [0.4, 0.5) is 0 Å². The average molecular weight is 521 g/mol. The van der Waals surface area contributed by atoms with Crippen molar-refractivity contribution in [2.45, 2.75) is 44.2 Å². The second-order valence-corrected chi connectivity index (χ2v) is 11.3. The third kappa shape index (κ3) is 4.79. The molecule has 3 aromatic carbocycles. The van der Waals surface area contributed by atoms with Gasteiger partial charge in [-0.1, -0.05) is 84.9 Å². The minimum Gasteiger partial charge on any atom is -0.330 e. The molecule has 2 heterocycles. The summed E-state index contributed by atoms with van der Waals surface area (Å²) in [5.74, 6) is -0.392. The predicted octanol–water partition coefficient (Wildman–Crippen LogP) is 6.35. The highest BCUT2D eigenvalue weighted by Crippen LogP contribution is 2.40. The van der Waals surface area contributed by atoms with E-state index in [9.17, 15) is 9.59 Å². The fourth-order valence-electron chi connectivity index (χ4n) is 5.76. The van der Waals surface area contributed by atoms with Gasteiger partial charge in [0.15, 0.2) is 0 Å². The van der Waals surface area contributed by atoms with Crippen LogP contribution in [0, 0.1) is 6.92 Å². The smallest absolute Gasteiger partial charge is 0.243 e. The average Bonchev–Trinajstić information content (AvgIpc) is 3.68. The van der Waals surface area contributed by atoms with E-state index in [0.29, 0.717) is 6.54 Å². The van der Waals surface area contributed by atoms with Gasteiger partial charge in [-0.3, -0.25) is 9.59 Å². The van der Waals surface area contributed by atoms with E-state index < -0.39 is 5.92 Å². The van der Waals surface area contributed by atoms with E-state index in [2.05, 4.69) is 36.6 Å². The van der Waals surface area contributed by atoms with Gasteiger partial charge >= 0.3 is 0 Å². The maximum Gasteiger partial charge on any atom is 0.243 e. The topological polar surface area (TPSA) is 40.6 Å². The number of fused-ring (bicyclic) bond motifs is 1. The third-order valence-electron chi connectivity index (χ3n) is 7.86. The van der Waals surface area contributed by atoms with Gasteiger partial charge in [-0.05, 0) is 65.4 Å². The van der Waals surface area contributed by atoms with Crippen LogP contribution in [0.3, 0.4) is 0 Å². The van der Waals surface area contributed by atoms with Crippen molar-refractivity contribution < 1.29 is 9.59 Å². The molecule has 0 N–H and O–H groups in total. The number of carbonyl (C=O) groups excluding carboxylic acids is 2. The second kappa shape index (κ2) is 10.6. The van der Waals surface area contributed by atoms with Crippen molar-refractivity contribution in [1.29, 1.82) is 0 Å². The second-order valence-electron chi connectivity index (χ2n) is 10.3. The minimum atomic E-state index is -0.428. The molecule has 4 nitrogen and oxygen atoms in total. The summed E-state index contributed by atoms with van der Waals surface area (Å²) in [6, 6.07) is 30.4. The lowest BCUT2D eigenvalue weighted by atomic mass is 9.89. The Kier molecular flexibility index (Phi) is 6.86. The number of thiophene rings is 1. The lowest BCUT2D eigenvalue weighted by Crippen LogP contribution is -2.48. The van der Waals surface area contributed by atoms with Crippen LogP contribution < -0.4 is 0 Å². The molecule has 1 aromatic heterocycles. The van der Waals surface area contributed by atoms with Gasteiger partial charge in [0.2, 0.25) is 11.8 Å². The monoisotopic (exact) mass is 520 g/mol. The van der Waals surface area contributed by atoms with E-state index in [0.717, 1.165) is 36.0 Å². The molecule has 192 valence electrons. The number of nitrogens with zero attached hydrogens (tertiary/aromatic N) is 2. The fraction of sp³-hybridized carbons (Fsp3) is 0.273. The van der Waals surface area contributed by atoms with Gasteiger partial charge < -0.3 is 9.80 Å². The van der Waals surface area contributed by atoms with E-state index in [1.54, 1.807) is 11.3 Å². The number of hydrogen-bond acceptors (Lipinski definition) is 3. The number of aryl methyl sites for hydroxylation is 1. The number of rotatable bonds is 7. The summed E-state index contributed by atoms with van der Waals surface area (Å²) in [7, 11) is 0. The Morgan fingerprint density at radius 2 is 1.50 bits per heavy atom. The zero-order valence-corrected chi connectivity index (χ0v) is 22.4. The van der Waals surface area contributed by atoms with Crippen molar-refractivity contribution in [3.05, 3.63) is 129 Å². The molecule has 6 rings (SSSR count). The lowest BCUT2D eigenvalue weighted by Gasteiger charge is -2.38. The quantitative estimate of drug-likeness (QED) is 0.285. The van der Waals surface area contributed by atoms with Crippen LogP contribution >= 0.6 is 11.3 Å². The summed E-state index contributed by atoms with van der Waals surface area (Å²) in [4.78, 5) is 33.6. The molecule has 0 bridgehead atoms. The maximum atomic E-state index is 14.3. The molecule has 4 aromatic rings. The molecular weight excluding hydrogens is 488 g/mol. The van der Waals surface area contributed by atoms with Crippen molar-refractivity contribution in [1.82, 2.24) is 9.80 Å². The molecular formula is C33H32N2O2S. The molecule has 1 fully saturated rings. The first-order chi connectivity index (χ1) is 18.6. The summed E-state index contributed by atoms with van der Waals surface area (Å²) in [6.07, 6.45) is 2.76. The van der Waals surface area contributed by atoms with Crippen LogP contribution in [-0.4, -0.2) is 40.7 Å². The van der Waals surface area contributed by atoms with E-state index in [4.69, 9.17) is 0 Å². The van der Waals surface area contributed by atoms with Crippen LogP contribution in [0.5, 0.6) is 0 Å². The Labute approximate surface area is 228 Å². The van der Waals surface area contributed by atoms with Crippen molar-refractivity contribution in [2.75, 3.05) is 13.1 Å². The molecule has 1 aliphatic heterocycles. The molecule has 1 unspecified atom stereocenters. The van der Waals surface area contributed by atoms with Gasteiger partial charge in [0, 0.05) is 17.5 Å². The molecule has 38 heavy (non-hydrogen) atoms. The molecule has 0 saturated heterocycles. The lowest BCUT2D eigenvalue weighted by molar-refractivity contribution is -0.142. The molecule has 1 atom stereocenters. The summed E-state index contributed by atoms with van der Waals surface area (Å²) in [5, 5.41) is 2.13. The summed E-state index contributed by atoms with van der Waals surface area (Å²) >= 11 is 1.77. The van der Waals surface area contributed by atoms with Gasteiger partial charge in [-0.2, -0.15) is 0 Å². The zero-order chi connectivity index (χ0) is 26.1. The molecule has 1 saturated carbocycles. The van der Waals surface area contributed by atoms with E-state index in [1.165, 1.54) is 16.0 Å². The standard InChI is InChI=1S/C33H32N2O2S/c1-23-10-8-9-15-27(23)32-28-19-21-38-29(28)18-20-34(32)30(36)22-35(26-16-17-26)33(37)31(24-11-4-2-5-12-24)25-13-6-3-7-14-25/h2-15,19,21,26,31-32H,16-18,20,22H2,1H3. The van der Waals surface area contributed by atoms with Gasteiger partial charge in [0.25, 0.3) is 0 Å². The van der Waals surface area contributed by atoms with E-state index in [1.807, 2.05) is 76.5 Å². The highest BCUT2D eigenvalue weighted by Gasteiger charge is 2.40. The molecule has 2 aliphatic rings. The Morgan fingerprint density at radius 3 is 2.13 bits per heavy atom. The Hall–Kier alpha value is -3.70. The first-order valence-corrected chi connectivity index (χ1v) is 14.3. The minimum absolute atomic E-state index is 0.0129. The van der Waals surface area contributed by atoms with Crippen molar-refractivity contribution in [3.63, 3.8) is 0 Å². The highest BCUT2D eigenvalue weighted by atomic mass is 32.1. The third-order valence-corrected chi connectivity index (χ3v) is 8.85. The first-order valence-electron chi connectivity index (χ1n) is 13.4. The molecule has 5 heteroatoms. The van der Waals surface area contributed by atoms with Crippen LogP contribution in [0.25, 0.3) is 0 Å². The Morgan fingerprint density at radius 1 is 0.868 bits per heavy atom. The molecule has 1 aliphatic carbocycles. The maximum absolute atomic E-state index is 14.3. The van der Waals surface area contributed by atoms with E-state index in [-0.39, 0.29) is 30.4 Å². The zero-order valence-electron chi connectivity index (χ0n) is 21.6. The van der Waals surface area contributed by atoms with Crippen LogP contribution in [0.1, 0.15) is 57.5 Å². The summed E-state index contributed by atoms with van der Waals surface area (Å²) in [6.45, 7) is 2.89. The van der Waals surface area contributed by atoms with Gasteiger partial charge in [-0.25, -0.2) is 0 Å². The van der Waals surface area contributed by atoms with Crippen molar-refractivity contribution in [3.8, 4) is 0 Å². The molecule has 0 spiro atoms. The number of benzene rings is 3. The highest BCUT2D eigenvalue weighted by molar-refractivity contribution is 7.10. The number of amides is 2. The first kappa shape index (κ1) is 24.6. The van der Waals surface area contributed by atoms with Crippen molar-refractivity contribution >= 4 is 23.2 Å². The van der Waals surface area contributed by atoms with Crippen LogP contribution in [0.2, 0.25) is 0 Å². The number of hydrogen-bond donors (Lipinski definition) is 0. The summed E-state index contributed by atoms with van der Waals surface area (Å²) in [5.41, 5.74) is 5.48. The van der Waals surface area contributed by atoms with Gasteiger partial charge in [0.05, 0.1) is 12.0 Å². The normalized spacial score (nSPS) is 16.8. The van der Waals surface area contributed by atoms with Crippen molar-refractivity contribution in [2.24, 2.45) is 0 Å². The molecule has 0 radical (unpaired) electrons. The van der Waals surface area contributed by atoms with E-state index >= 15 is 0 Å². The molecule has 2 amide bonds. The predicted molar refractivity (Wildman–Crippen MR) is 152 cm³/mol. The largest absolute Gasteiger partial charge is 0.330 e. The Bertz CT molecular complexity index is 1390. The van der Waals surface area contributed by atoms with Gasteiger partial charge in [-0.15, -0.1) is 11.3 Å². The number of carbonyl (C=O) groups is 2. The summed E-state index contributed by atoms with van der Waals surface area (Å²) < 4.78 is 0. The fourth-order valence-corrected chi connectivity index (χ4v) is 6.66. The van der Waals surface area contributed by atoms with Crippen LogP contribution in [0.15, 0.2) is 96.4 Å². The Balaban J connectivity index is 1.32. The van der Waals surface area contributed by atoms with Gasteiger partial charge in [0.1, 0.15) is 6.54 Å². The SMILES string of the molecule is Cc1ccccc1C1c2ccsc2CCN1C(=O)CN(C(=O)C(c1ccccc1)c1ccccc1)C1CC1.